The van der Waals surface area contributed by atoms with Crippen molar-refractivity contribution in [2.24, 2.45) is 0 Å². The lowest BCUT2D eigenvalue weighted by atomic mass is 10.1. The Labute approximate surface area is 136 Å². The summed E-state index contributed by atoms with van der Waals surface area (Å²) in [5, 5.41) is 3.76. The van der Waals surface area contributed by atoms with Crippen LogP contribution in [0.2, 0.25) is 5.02 Å². The fraction of sp³-hybridized carbons (Fsp3) is 0.533. The van der Waals surface area contributed by atoms with E-state index in [0.29, 0.717) is 18.0 Å². The van der Waals surface area contributed by atoms with Gasteiger partial charge in [-0.15, -0.1) is 0 Å². The quantitative estimate of drug-likeness (QED) is 0.889. The highest BCUT2D eigenvalue weighted by molar-refractivity contribution is 7.91. The Balaban J connectivity index is 2.03. The van der Waals surface area contributed by atoms with E-state index in [9.17, 15) is 13.2 Å². The first-order valence-corrected chi connectivity index (χ1v) is 9.55. The lowest BCUT2D eigenvalue weighted by Gasteiger charge is -2.30. The molecule has 0 radical (unpaired) electrons. The van der Waals surface area contributed by atoms with Crippen molar-refractivity contribution in [3.05, 3.63) is 29.3 Å². The lowest BCUT2D eigenvalue weighted by molar-refractivity contribution is -0.133. The van der Waals surface area contributed by atoms with Gasteiger partial charge in [-0.25, -0.2) is 8.42 Å². The van der Waals surface area contributed by atoms with Crippen LogP contribution in [0, 0.1) is 0 Å². The normalized spacial score (nSPS) is 21.3. The number of anilines is 1. The molecular weight excluding hydrogens is 324 g/mol. The van der Waals surface area contributed by atoms with Crippen molar-refractivity contribution in [3.8, 4) is 0 Å². The minimum atomic E-state index is -3.00. The Bertz CT molecular complexity index is 631. The predicted molar refractivity (Wildman–Crippen MR) is 89.0 cm³/mol. The number of benzene rings is 1. The van der Waals surface area contributed by atoms with Gasteiger partial charge in [-0.3, -0.25) is 4.79 Å². The molecule has 22 heavy (non-hydrogen) atoms. The molecule has 122 valence electrons. The highest BCUT2D eigenvalue weighted by atomic mass is 35.5. The third-order valence-corrected chi connectivity index (χ3v) is 5.87. The van der Waals surface area contributed by atoms with E-state index >= 15 is 0 Å². The lowest BCUT2D eigenvalue weighted by Crippen LogP contribution is -2.47. The number of likely N-dealkylation sites (N-methyl/N-ethyl adjacent to an activating group) is 1. The molecule has 1 amide bonds. The maximum atomic E-state index is 12.6. The molecule has 0 aliphatic carbocycles. The molecule has 1 heterocycles. The number of nitrogens with one attached hydrogen (secondary N) is 1. The second kappa shape index (κ2) is 6.87. The molecule has 1 aromatic rings. The summed E-state index contributed by atoms with van der Waals surface area (Å²) in [7, 11) is -3.00. The monoisotopic (exact) mass is 344 g/mol. The summed E-state index contributed by atoms with van der Waals surface area (Å²) >= 11 is 5.84. The van der Waals surface area contributed by atoms with Crippen molar-refractivity contribution in [1.29, 1.82) is 0 Å². The third-order valence-electron chi connectivity index (χ3n) is 3.87. The van der Waals surface area contributed by atoms with Crippen LogP contribution in [0.5, 0.6) is 0 Å². The van der Waals surface area contributed by atoms with Crippen LogP contribution in [0.4, 0.5) is 5.69 Å². The molecule has 1 aromatic carbocycles. The summed E-state index contributed by atoms with van der Waals surface area (Å²) in [6, 6.07) is 6.48. The molecule has 1 saturated heterocycles. The van der Waals surface area contributed by atoms with Gasteiger partial charge in [0.15, 0.2) is 9.84 Å². The van der Waals surface area contributed by atoms with Crippen LogP contribution in [-0.4, -0.2) is 49.4 Å². The second-order valence-electron chi connectivity index (χ2n) is 5.55. The average Bonchev–Trinajstić information content (AvgIpc) is 2.82. The molecule has 0 bridgehead atoms. The van der Waals surface area contributed by atoms with Crippen LogP contribution in [0.1, 0.15) is 20.3 Å². The van der Waals surface area contributed by atoms with Crippen molar-refractivity contribution in [1.82, 2.24) is 4.90 Å². The molecule has 0 spiro atoms. The average molecular weight is 345 g/mol. The molecule has 1 aliphatic rings. The summed E-state index contributed by atoms with van der Waals surface area (Å²) in [6.07, 6.45) is 0.523. The van der Waals surface area contributed by atoms with E-state index in [1.165, 1.54) is 0 Å². The number of halogens is 1. The van der Waals surface area contributed by atoms with Crippen molar-refractivity contribution >= 4 is 33.0 Å². The highest BCUT2D eigenvalue weighted by Crippen LogP contribution is 2.20. The standard InChI is InChI=1S/C15H21ClN2O3S/c1-3-18(14-8-9-22(20,21)10-14)15(19)11(2)17-13-6-4-12(16)5-7-13/h4-7,11,14,17H,3,8-10H2,1-2H3/t11-,14-/m1/s1. The minimum Gasteiger partial charge on any atom is -0.374 e. The van der Waals surface area contributed by atoms with Crippen LogP contribution in [0.15, 0.2) is 24.3 Å². The molecule has 7 heteroatoms. The zero-order valence-corrected chi connectivity index (χ0v) is 14.3. The number of amides is 1. The molecule has 2 rings (SSSR count). The van der Waals surface area contributed by atoms with E-state index < -0.39 is 15.9 Å². The van der Waals surface area contributed by atoms with Crippen LogP contribution < -0.4 is 5.32 Å². The summed E-state index contributed by atoms with van der Waals surface area (Å²) in [4.78, 5) is 14.3. The molecule has 0 aromatic heterocycles. The number of hydrogen-bond acceptors (Lipinski definition) is 4. The summed E-state index contributed by atoms with van der Waals surface area (Å²) < 4.78 is 23.2. The first kappa shape index (κ1) is 17.1. The first-order valence-electron chi connectivity index (χ1n) is 7.35. The topological polar surface area (TPSA) is 66.5 Å². The molecule has 0 unspecified atom stereocenters. The van der Waals surface area contributed by atoms with Crippen molar-refractivity contribution in [2.45, 2.75) is 32.4 Å². The zero-order valence-electron chi connectivity index (χ0n) is 12.8. The fourth-order valence-electron chi connectivity index (χ4n) is 2.72. The van der Waals surface area contributed by atoms with E-state index in [1.807, 2.05) is 19.1 Å². The van der Waals surface area contributed by atoms with E-state index in [1.54, 1.807) is 24.0 Å². The van der Waals surface area contributed by atoms with E-state index in [-0.39, 0.29) is 23.5 Å². The molecule has 1 fully saturated rings. The zero-order chi connectivity index (χ0) is 16.3. The van der Waals surface area contributed by atoms with Gasteiger partial charge in [0.2, 0.25) is 5.91 Å². The summed E-state index contributed by atoms with van der Waals surface area (Å²) in [5.41, 5.74) is 0.806. The number of sulfone groups is 1. The van der Waals surface area contributed by atoms with Gasteiger partial charge >= 0.3 is 0 Å². The smallest absolute Gasteiger partial charge is 0.245 e. The van der Waals surface area contributed by atoms with Gasteiger partial charge < -0.3 is 10.2 Å². The van der Waals surface area contributed by atoms with E-state index in [4.69, 9.17) is 11.6 Å². The minimum absolute atomic E-state index is 0.0697. The molecular formula is C15H21ClN2O3S. The SMILES string of the molecule is CCN(C(=O)[C@@H](C)Nc1ccc(Cl)cc1)[C@@H]1CCS(=O)(=O)C1. The van der Waals surface area contributed by atoms with E-state index in [0.717, 1.165) is 5.69 Å². The maximum Gasteiger partial charge on any atom is 0.245 e. The van der Waals surface area contributed by atoms with Gasteiger partial charge in [0.1, 0.15) is 6.04 Å². The largest absolute Gasteiger partial charge is 0.374 e. The highest BCUT2D eigenvalue weighted by Gasteiger charge is 2.35. The van der Waals surface area contributed by atoms with E-state index in [2.05, 4.69) is 5.32 Å². The molecule has 1 aliphatic heterocycles. The Hall–Kier alpha value is -1.27. The molecule has 2 atom stereocenters. The van der Waals surface area contributed by atoms with Gasteiger partial charge in [-0.2, -0.15) is 0 Å². The number of hydrogen-bond donors (Lipinski definition) is 1. The summed E-state index contributed by atoms with van der Waals surface area (Å²) in [6.45, 7) is 4.16. The molecule has 0 saturated carbocycles. The van der Waals surface area contributed by atoms with Crippen LogP contribution in [0.3, 0.4) is 0 Å². The number of rotatable bonds is 5. The van der Waals surface area contributed by atoms with Crippen LogP contribution >= 0.6 is 11.6 Å². The van der Waals surface area contributed by atoms with Crippen LogP contribution in [0.25, 0.3) is 0 Å². The Morgan fingerprint density at radius 2 is 2.05 bits per heavy atom. The second-order valence-corrected chi connectivity index (χ2v) is 8.22. The number of carbonyl (C=O) groups excluding carboxylic acids is 1. The fourth-order valence-corrected chi connectivity index (χ4v) is 4.58. The van der Waals surface area contributed by atoms with Gasteiger partial charge in [0, 0.05) is 23.3 Å². The first-order chi connectivity index (χ1) is 10.3. The van der Waals surface area contributed by atoms with Gasteiger partial charge in [0.25, 0.3) is 0 Å². The predicted octanol–water partition coefficient (Wildman–Crippen LogP) is 2.18. The van der Waals surface area contributed by atoms with Crippen molar-refractivity contribution in [2.75, 3.05) is 23.4 Å². The number of carbonyl (C=O) groups is 1. The Morgan fingerprint density at radius 1 is 1.41 bits per heavy atom. The van der Waals surface area contributed by atoms with Gasteiger partial charge in [-0.1, -0.05) is 11.6 Å². The van der Waals surface area contributed by atoms with Crippen LogP contribution in [-0.2, 0) is 14.6 Å². The maximum absolute atomic E-state index is 12.6. The Morgan fingerprint density at radius 3 is 2.55 bits per heavy atom. The van der Waals surface area contributed by atoms with Gasteiger partial charge in [-0.05, 0) is 44.5 Å². The Kier molecular flexibility index (Phi) is 5.34. The summed E-state index contributed by atoms with van der Waals surface area (Å²) in [5.74, 6) is 0.153. The molecule has 1 N–H and O–H groups in total. The molecule has 5 nitrogen and oxygen atoms in total. The van der Waals surface area contributed by atoms with Crippen molar-refractivity contribution < 1.29 is 13.2 Å². The van der Waals surface area contributed by atoms with Crippen molar-refractivity contribution in [3.63, 3.8) is 0 Å². The van der Waals surface area contributed by atoms with Gasteiger partial charge in [0.05, 0.1) is 11.5 Å². The third kappa shape index (κ3) is 4.14. The number of nitrogens with zero attached hydrogens (tertiary/aromatic N) is 1.